The second-order valence-electron chi connectivity index (χ2n) is 8.42. The fourth-order valence-electron chi connectivity index (χ4n) is 4.24. The Morgan fingerprint density at radius 3 is 2.39 bits per heavy atom. The Balaban J connectivity index is 1.54. The lowest BCUT2D eigenvalue weighted by atomic mass is 9.94. The summed E-state index contributed by atoms with van der Waals surface area (Å²) in [5.41, 5.74) is 3.09. The van der Waals surface area contributed by atoms with Crippen LogP contribution in [-0.2, 0) is 14.8 Å². The van der Waals surface area contributed by atoms with Gasteiger partial charge in [0.1, 0.15) is 0 Å². The van der Waals surface area contributed by atoms with Gasteiger partial charge < -0.3 is 5.32 Å². The van der Waals surface area contributed by atoms with Crippen LogP contribution in [0.1, 0.15) is 35.6 Å². The third-order valence-corrected chi connectivity index (χ3v) is 8.13. The number of carbonyl (C=O) groups is 1. The molecule has 1 heterocycles. The zero-order chi connectivity index (χ0) is 23.4. The summed E-state index contributed by atoms with van der Waals surface area (Å²) < 4.78 is 27.7. The van der Waals surface area contributed by atoms with Crippen molar-refractivity contribution in [1.29, 1.82) is 0 Å². The molecular formula is C26H27ClN2O3S. The molecular weight excluding hydrogens is 456 g/mol. The minimum atomic E-state index is -3.69. The van der Waals surface area contributed by atoms with Crippen LogP contribution in [0, 0.1) is 12.8 Å². The van der Waals surface area contributed by atoms with Gasteiger partial charge in [-0.2, -0.15) is 4.31 Å². The maximum Gasteiger partial charge on any atom is 0.243 e. The van der Waals surface area contributed by atoms with E-state index in [9.17, 15) is 13.2 Å². The molecule has 0 spiro atoms. The van der Waals surface area contributed by atoms with Crippen LogP contribution in [0.2, 0.25) is 5.02 Å². The summed E-state index contributed by atoms with van der Waals surface area (Å²) in [6.45, 7) is 2.58. The molecule has 1 aliphatic heterocycles. The Bertz CT molecular complexity index is 1210. The second kappa shape index (κ2) is 10.1. The van der Waals surface area contributed by atoms with E-state index in [-0.39, 0.29) is 23.4 Å². The van der Waals surface area contributed by atoms with E-state index in [1.54, 1.807) is 12.1 Å². The molecule has 0 aliphatic carbocycles. The van der Waals surface area contributed by atoms with Crippen molar-refractivity contribution < 1.29 is 13.2 Å². The minimum absolute atomic E-state index is 0.138. The van der Waals surface area contributed by atoms with Crippen LogP contribution in [0.3, 0.4) is 0 Å². The number of amides is 1. The van der Waals surface area contributed by atoms with Crippen molar-refractivity contribution in [3.8, 4) is 0 Å². The van der Waals surface area contributed by atoms with Crippen molar-refractivity contribution in [2.75, 3.05) is 13.1 Å². The highest BCUT2D eigenvalue weighted by Gasteiger charge is 2.34. The van der Waals surface area contributed by atoms with Gasteiger partial charge in [0.25, 0.3) is 0 Å². The Hall–Kier alpha value is -2.67. The Morgan fingerprint density at radius 2 is 1.70 bits per heavy atom. The number of carbonyl (C=O) groups excluding carboxylic acids is 1. The third-order valence-electron chi connectivity index (χ3n) is 6.00. The van der Waals surface area contributed by atoms with Gasteiger partial charge >= 0.3 is 0 Å². The lowest BCUT2D eigenvalue weighted by Crippen LogP contribution is -2.46. The molecule has 0 saturated carbocycles. The number of nitrogens with one attached hydrogen (secondary N) is 1. The fourth-order valence-corrected chi connectivity index (χ4v) is 5.89. The predicted molar refractivity (Wildman–Crippen MR) is 131 cm³/mol. The SMILES string of the molecule is Cc1cccc([C@@H](NC(=O)[C@H]2CCCN(S(=O)(=O)c3ccc(Cl)cc3)C2)c2ccccc2)c1. The Kier molecular flexibility index (Phi) is 7.17. The van der Waals surface area contributed by atoms with Gasteiger partial charge in [0, 0.05) is 18.1 Å². The van der Waals surface area contributed by atoms with E-state index in [2.05, 4.69) is 11.4 Å². The Morgan fingerprint density at radius 1 is 1.00 bits per heavy atom. The molecule has 1 N–H and O–H groups in total. The van der Waals surface area contributed by atoms with Gasteiger partial charge in [0.15, 0.2) is 0 Å². The zero-order valence-electron chi connectivity index (χ0n) is 18.4. The number of sulfonamides is 1. The zero-order valence-corrected chi connectivity index (χ0v) is 20.0. The van der Waals surface area contributed by atoms with E-state index in [1.165, 1.54) is 16.4 Å². The van der Waals surface area contributed by atoms with E-state index in [1.807, 2.05) is 55.5 Å². The lowest BCUT2D eigenvalue weighted by molar-refractivity contribution is -0.126. The van der Waals surface area contributed by atoms with Gasteiger partial charge in [-0.15, -0.1) is 0 Å². The number of nitrogens with zero attached hydrogens (tertiary/aromatic N) is 1. The monoisotopic (exact) mass is 482 g/mol. The molecule has 5 nitrogen and oxygen atoms in total. The van der Waals surface area contributed by atoms with E-state index in [0.717, 1.165) is 16.7 Å². The number of hydrogen-bond acceptors (Lipinski definition) is 3. The van der Waals surface area contributed by atoms with Gasteiger partial charge in [-0.25, -0.2) is 8.42 Å². The summed E-state index contributed by atoms with van der Waals surface area (Å²) in [6, 6.07) is 23.7. The lowest BCUT2D eigenvalue weighted by Gasteiger charge is -2.32. The highest BCUT2D eigenvalue weighted by molar-refractivity contribution is 7.89. The molecule has 4 rings (SSSR count). The van der Waals surface area contributed by atoms with Crippen molar-refractivity contribution in [2.24, 2.45) is 5.92 Å². The summed E-state index contributed by atoms with van der Waals surface area (Å²) in [5, 5.41) is 3.67. The van der Waals surface area contributed by atoms with E-state index in [4.69, 9.17) is 11.6 Å². The highest BCUT2D eigenvalue weighted by Crippen LogP contribution is 2.27. The first-order valence-electron chi connectivity index (χ1n) is 11.0. The highest BCUT2D eigenvalue weighted by atomic mass is 35.5. The molecule has 172 valence electrons. The van der Waals surface area contributed by atoms with Crippen LogP contribution >= 0.6 is 11.6 Å². The second-order valence-corrected chi connectivity index (χ2v) is 10.8. The molecule has 7 heteroatoms. The van der Waals surface area contributed by atoms with E-state index >= 15 is 0 Å². The Labute approximate surface area is 200 Å². The average Bonchev–Trinajstić information content (AvgIpc) is 2.83. The predicted octanol–water partition coefficient (Wildman–Crippen LogP) is 4.95. The molecule has 3 aromatic carbocycles. The summed E-state index contributed by atoms with van der Waals surface area (Å²) in [6.07, 6.45) is 1.28. The summed E-state index contributed by atoms with van der Waals surface area (Å²) in [5.74, 6) is -0.557. The maximum absolute atomic E-state index is 13.3. The molecule has 0 aromatic heterocycles. The van der Waals surface area contributed by atoms with Gasteiger partial charge in [-0.05, 0) is 55.2 Å². The summed E-state index contributed by atoms with van der Waals surface area (Å²) in [4.78, 5) is 13.5. The molecule has 1 fully saturated rings. The third kappa shape index (κ3) is 5.46. The van der Waals surface area contributed by atoms with E-state index in [0.29, 0.717) is 24.4 Å². The molecule has 3 aromatic rings. The molecule has 1 aliphatic rings. The number of hydrogen-bond donors (Lipinski definition) is 1. The molecule has 0 unspecified atom stereocenters. The number of piperidine rings is 1. The number of rotatable bonds is 6. The molecule has 1 saturated heterocycles. The van der Waals surface area contributed by atoms with Gasteiger partial charge in [-0.3, -0.25) is 4.79 Å². The van der Waals surface area contributed by atoms with Gasteiger partial charge in [0.05, 0.1) is 16.9 Å². The summed E-state index contributed by atoms with van der Waals surface area (Å²) in [7, 11) is -3.69. The van der Waals surface area contributed by atoms with Crippen LogP contribution < -0.4 is 5.32 Å². The normalized spacial score (nSPS) is 17.9. The standard InChI is InChI=1S/C26H27ClN2O3S/c1-19-7-5-10-21(17-19)25(20-8-3-2-4-9-20)28-26(30)22-11-6-16-29(18-22)33(31,32)24-14-12-23(27)13-15-24/h2-5,7-10,12-15,17,22,25H,6,11,16,18H2,1H3,(H,28,30)/t22-,25-/m0/s1. The van der Waals surface area contributed by atoms with E-state index < -0.39 is 15.9 Å². The molecule has 2 atom stereocenters. The molecule has 0 bridgehead atoms. The van der Waals surface area contributed by atoms with Crippen molar-refractivity contribution in [2.45, 2.75) is 30.7 Å². The van der Waals surface area contributed by atoms with Crippen LogP contribution in [0.15, 0.2) is 83.8 Å². The summed E-state index contributed by atoms with van der Waals surface area (Å²) >= 11 is 5.91. The molecule has 1 amide bonds. The first-order chi connectivity index (χ1) is 15.8. The fraction of sp³-hybridized carbons (Fsp3) is 0.269. The van der Waals surface area contributed by atoms with Crippen LogP contribution in [0.5, 0.6) is 0 Å². The van der Waals surface area contributed by atoms with Crippen molar-refractivity contribution in [1.82, 2.24) is 9.62 Å². The van der Waals surface area contributed by atoms with Crippen LogP contribution in [0.4, 0.5) is 0 Å². The van der Waals surface area contributed by atoms with Crippen LogP contribution in [0.25, 0.3) is 0 Å². The smallest absolute Gasteiger partial charge is 0.243 e. The van der Waals surface area contributed by atoms with Gasteiger partial charge in [-0.1, -0.05) is 71.8 Å². The number of halogens is 1. The van der Waals surface area contributed by atoms with Crippen LogP contribution in [-0.4, -0.2) is 31.7 Å². The number of aryl methyl sites for hydroxylation is 1. The maximum atomic E-state index is 13.3. The van der Waals surface area contributed by atoms with Gasteiger partial charge in [0.2, 0.25) is 15.9 Å². The minimum Gasteiger partial charge on any atom is -0.345 e. The van der Waals surface area contributed by atoms with Crippen molar-refractivity contribution in [3.63, 3.8) is 0 Å². The topological polar surface area (TPSA) is 66.5 Å². The quantitative estimate of drug-likeness (QED) is 0.540. The van der Waals surface area contributed by atoms with Crippen molar-refractivity contribution in [3.05, 3.63) is 101 Å². The first-order valence-corrected chi connectivity index (χ1v) is 12.8. The molecule has 33 heavy (non-hydrogen) atoms. The average molecular weight is 483 g/mol. The van der Waals surface area contributed by atoms with Crippen molar-refractivity contribution >= 4 is 27.5 Å². The largest absolute Gasteiger partial charge is 0.345 e. The number of benzene rings is 3. The first kappa shape index (κ1) is 23.5. The molecule has 0 radical (unpaired) electrons.